The monoisotopic (exact) mass is 616 g/mol. The molecule has 2 aliphatic rings. The van der Waals surface area contributed by atoms with Gasteiger partial charge in [0, 0.05) is 25.6 Å². The molecule has 0 saturated carbocycles. The van der Waals surface area contributed by atoms with Gasteiger partial charge in [0.1, 0.15) is 17.1 Å². The van der Waals surface area contributed by atoms with E-state index in [0.29, 0.717) is 32.4 Å². The van der Waals surface area contributed by atoms with E-state index in [1.807, 2.05) is 19.1 Å². The molecule has 0 aliphatic carbocycles. The number of rotatable bonds is 7. The Morgan fingerprint density at radius 1 is 1.02 bits per heavy atom. The number of carbonyl (C=O) groups is 2. The summed E-state index contributed by atoms with van der Waals surface area (Å²) in [7, 11) is -10.4. The maximum Gasteiger partial charge on any atom is 0.524 e. The highest BCUT2D eigenvalue weighted by atomic mass is 31.2. The molecule has 4 N–H and O–H groups in total. The van der Waals surface area contributed by atoms with Gasteiger partial charge in [0.25, 0.3) is 5.91 Å². The number of likely N-dealkylation sites (tertiary alicyclic amines) is 1. The fraction of sp³-hybridized carbons (Fsp3) is 0.480. The molecule has 1 saturated heterocycles. The first-order chi connectivity index (χ1) is 19.3. The fourth-order valence-corrected chi connectivity index (χ4v) is 5.09. The van der Waals surface area contributed by atoms with Crippen LogP contribution in [0.4, 0.5) is 0 Å². The summed E-state index contributed by atoms with van der Waals surface area (Å²) in [5, 5.41) is 4.10. The topological polar surface area (TPSA) is 202 Å². The van der Waals surface area contributed by atoms with E-state index >= 15 is 0 Å². The molecule has 0 unspecified atom stereocenters. The average Bonchev–Trinajstić information content (AvgIpc) is 2.86. The molecule has 226 valence electrons. The number of hydrogen-bond donors (Lipinski definition) is 4. The van der Waals surface area contributed by atoms with E-state index in [9.17, 15) is 38.3 Å². The van der Waals surface area contributed by atoms with Crippen LogP contribution in [0.1, 0.15) is 61.4 Å². The van der Waals surface area contributed by atoms with E-state index in [2.05, 4.69) is 9.68 Å². The largest absolute Gasteiger partial charge is 0.524 e. The number of carbonyl (C=O) groups excluding carboxylic acids is 2. The number of oxime groups is 1. The molecule has 2 aliphatic heterocycles. The lowest BCUT2D eigenvalue weighted by atomic mass is 9.98. The Labute approximate surface area is 237 Å². The molecule has 3 rings (SSSR count). The van der Waals surface area contributed by atoms with E-state index in [0.717, 1.165) is 37.0 Å². The van der Waals surface area contributed by atoms with Crippen LogP contribution in [0.15, 0.2) is 41.1 Å². The minimum absolute atomic E-state index is 0.0363. The first kappa shape index (κ1) is 32.5. The van der Waals surface area contributed by atoms with Crippen LogP contribution in [0, 0.1) is 0 Å². The molecule has 0 atom stereocenters. The summed E-state index contributed by atoms with van der Waals surface area (Å²) in [5.74, 6) is -2.48. The molecule has 0 radical (unpaired) electrons. The molecule has 0 bridgehead atoms. The highest BCUT2D eigenvalue weighted by molar-refractivity contribution is 7.47. The van der Waals surface area contributed by atoms with Gasteiger partial charge in [0.2, 0.25) is 0 Å². The number of hydrogen-bond acceptors (Lipinski definition) is 9. The van der Waals surface area contributed by atoms with Crippen LogP contribution in [0.5, 0.6) is 11.5 Å². The number of ether oxygens (including phenoxy) is 1. The minimum atomic E-state index is -5.25. The summed E-state index contributed by atoms with van der Waals surface area (Å²) in [6.45, 7) is 2.72. The zero-order chi connectivity index (χ0) is 30.0. The number of phosphoric ester groups is 2. The molecule has 41 heavy (non-hydrogen) atoms. The normalized spacial score (nSPS) is 18.6. The van der Waals surface area contributed by atoms with Gasteiger partial charge in [-0.2, -0.15) is 0 Å². The Balaban J connectivity index is 2.06. The minimum Gasteiger partial charge on any atom is -0.462 e. The zero-order valence-corrected chi connectivity index (χ0v) is 24.3. The molecule has 1 aromatic carbocycles. The number of piperidine rings is 1. The number of benzene rings is 1. The Morgan fingerprint density at radius 2 is 1.71 bits per heavy atom. The Morgan fingerprint density at radius 3 is 2.39 bits per heavy atom. The van der Waals surface area contributed by atoms with Crippen LogP contribution >= 0.6 is 15.6 Å². The predicted molar refractivity (Wildman–Crippen MR) is 146 cm³/mol. The molecule has 2 heterocycles. The molecule has 14 nitrogen and oxygen atoms in total. The van der Waals surface area contributed by atoms with Crippen LogP contribution in [0.3, 0.4) is 0 Å². The molecule has 1 amide bonds. The van der Waals surface area contributed by atoms with E-state index in [4.69, 9.17) is 14.1 Å². The summed E-state index contributed by atoms with van der Waals surface area (Å²) in [5.41, 5.74) is 0.635. The van der Waals surface area contributed by atoms with Crippen molar-refractivity contribution in [3.8, 4) is 11.5 Å². The van der Waals surface area contributed by atoms with Gasteiger partial charge in [-0.25, -0.2) is 13.9 Å². The number of cyclic esters (lactones) is 1. The highest BCUT2D eigenvalue weighted by Crippen LogP contribution is 2.45. The smallest absolute Gasteiger partial charge is 0.462 e. The number of esters is 1. The van der Waals surface area contributed by atoms with Crippen molar-refractivity contribution < 1.29 is 56.9 Å². The van der Waals surface area contributed by atoms with Crippen molar-refractivity contribution in [3.05, 3.63) is 47.1 Å². The van der Waals surface area contributed by atoms with Gasteiger partial charge in [-0.3, -0.25) is 24.4 Å². The number of nitrogens with zero attached hydrogens (tertiary/aromatic N) is 2. The summed E-state index contributed by atoms with van der Waals surface area (Å²) in [6, 6.07) is 1.87. The van der Waals surface area contributed by atoms with Gasteiger partial charge in [0.15, 0.2) is 6.61 Å². The van der Waals surface area contributed by atoms with Gasteiger partial charge in [-0.15, -0.1) is 0 Å². The quantitative estimate of drug-likeness (QED) is 0.151. The van der Waals surface area contributed by atoms with E-state index in [-0.39, 0.29) is 36.8 Å². The van der Waals surface area contributed by atoms with Crippen molar-refractivity contribution in [1.29, 1.82) is 0 Å². The Kier molecular flexibility index (Phi) is 11.7. The lowest BCUT2D eigenvalue weighted by Crippen LogP contribution is -2.37. The molecular formula is C25H34N2O12P2. The number of fused-ring (bicyclic) bond motifs is 1. The van der Waals surface area contributed by atoms with Gasteiger partial charge in [0.05, 0.1) is 12.3 Å². The molecule has 1 aromatic rings. The molecule has 1 fully saturated rings. The maximum absolute atomic E-state index is 13.1. The van der Waals surface area contributed by atoms with Gasteiger partial charge in [-0.05, 0) is 63.2 Å². The van der Waals surface area contributed by atoms with Crippen LogP contribution in [0.2, 0.25) is 0 Å². The van der Waals surface area contributed by atoms with Gasteiger partial charge >= 0.3 is 21.6 Å². The highest BCUT2D eigenvalue weighted by Gasteiger charge is 2.29. The first-order valence-electron chi connectivity index (χ1n) is 12.9. The van der Waals surface area contributed by atoms with Crippen molar-refractivity contribution in [2.75, 3.05) is 26.3 Å². The van der Waals surface area contributed by atoms with Crippen LogP contribution in [-0.2, 0) is 29.9 Å². The summed E-state index contributed by atoms with van der Waals surface area (Å²) in [4.78, 5) is 70.3. The SMILES string of the molecule is CC1=CC(=NOCC(=O)N2CCCCC2)Cc2cc(OP(=O)(O)O)cc(OP(=O)(O)O)c2C(=O)OCCC=CCC1. The van der Waals surface area contributed by atoms with Crippen molar-refractivity contribution in [2.45, 2.75) is 51.9 Å². The number of phosphoric acid groups is 2. The summed E-state index contributed by atoms with van der Waals surface area (Å²) >= 11 is 0. The Hall–Kier alpha value is -2.99. The summed E-state index contributed by atoms with van der Waals surface area (Å²) in [6.07, 6.45) is 9.73. The van der Waals surface area contributed by atoms with Crippen LogP contribution in [-0.4, -0.2) is 68.4 Å². The third-order valence-electron chi connectivity index (χ3n) is 6.06. The van der Waals surface area contributed by atoms with Crippen LogP contribution < -0.4 is 9.05 Å². The van der Waals surface area contributed by atoms with E-state index in [1.54, 1.807) is 11.0 Å². The molecule has 0 aromatic heterocycles. The number of allylic oxidation sites excluding steroid dienone is 3. The van der Waals surface area contributed by atoms with Crippen molar-refractivity contribution >= 4 is 33.2 Å². The molecule has 16 heteroatoms. The summed E-state index contributed by atoms with van der Waals surface area (Å²) < 4.78 is 37.9. The lowest BCUT2D eigenvalue weighted by Gasteiger charge is -2.26. The Bertz CT molecular complexity index is 1290. The third-order valence-corrected chi connectivity index (χ3v) is 6.94. The van der Waals surface area contributed by atoms with Crippen molar-refractivity contribution in [3.63, 3.8) is 0 Å². The third kappa shape index (κ3) is 11.4. The van der Waals surface area contributed by atoms with E-state index in [1.165, 1.54) is 0 Å². The molecule has 0 spiro atoms. The van der Waals surface area contributed by atoms with E-state index < -0.39 is 38.7 Å². The second-order valence-electron chi connectivity index (χ2n) is 9.52. The van der Waals surface area contributed by atoms with Crippen molar-refractivity contribution in [1.82, 2.24) is 4.90 Å². The number of amides is 1. The average molecular weight is 616 g/mol. The maximum atomic E-state index is 13.1. The lowest BCUT2D eigenvalue weighted by molar-refractivity contribution is -0.137. The second kappa shape index (κ2) is 14.8. The first-order valence-corrected chi connectivity index (χ1v) is 16.0. The van der Waals surface area contributed by atoms with Crippen molar-refractivity contribution in [2.24, 2.45) is 5.16 Å². The zero-order valence-electron chi connectivity index (χ0n) is 22.5. The standard InChI is InChI=1S/C25H34N2O12P2/c1-18-9-5-2-3-8-12-36-25(29)24-19(15-21(38-40(30,31)32)16-22(24)39-41(33,34)35)14-20(13-18)26-37-17-23(28)27-10-6-4-7-11-27/h2-3,13,15-16H,4-12,14,17H2,1H3,(H2,30,31,32)(H2,33,34,35). The van der Waals surface area contributed by atoms with Gasteiger partial charge < -0.3 is 23.5 Å². The predicted octanol–water partition coefficient (Wildman–Crippen LogP) is 3.40. The fourth-order valence-electron chi connectivity index (χ4n) is 4.31. The molecular weight excluding hydrogens is 582 g/mol. The van der Waals surface area contributed by atoms with Gasteiger partial charge in [-0.1, -0.05) is 22.9 Å². The van der Waals surface area contributed by atoms with Crippen LogP contribution in [0.25, 0.3) is 0 Å². The second-order valence-corrected chi connectivity index (χ2v) is 11.8.